The van der Waals surface area contributed by atoms with E-state index in [1.54, 1.807) is 18.2 Å². The van der Waals surface area contributed by atoms with Gasteiger partial charge in [0.1, 0.15) is 6.04 Å². The number of methoxy groups -OCH3 is 1. The van der Waals surface area contributed by atoms with Crippen LogP contribution in [0.2, 0.25) is 5.02 Å². The summed E-state index contributed by atoms with van der Waals surface area (Å²) in [4.78, 5) is 25.6. The van der Waals surface area contributed by atoms with Crippen LogP contribution in [0.25, 0.3) is 11.1 Å². The molecule has 0 aromatic heterocycles. The molecule has 0 spiro atoms. The number of benzene rings is 3. The van der Waals surface area contributed by atoms with E-state index in [-0.39, 0.29) is 6.04 Å². The molecule has 37 heavy (non-hydrogen) atoms. The maximum Gasteiger partial charge on any atom is 0.417 e. The molecule has 2 atom stereocenters. The van der Waals surface area contributed by atoms with Crippen molar-refractivity contribution >= 4 is 29.2 Å². The third kappa shape index (κ3) is 6.43. The van der Waals surface area contributed by atoms with Gasteiger partial charge in [0, 0.05) is 23.8 Å². The standard InChI is InChI=1S/C28H28ClF3N2O3/c1-16-13-19(10-12-25(16)29)17(2)33-22-8-6-7-20(14-22)21-9-11-23(24(15-21)28(30,31)32)26(35)34(4)18(3)27(36)37-5/h6-15,17-18,33H,1-5H3/t17?,18-/m0/s1. The summed E-state index contributed by atoms with van der Waals surface area (Å²) >= 11 is 6.12. The predicted molar refractivity (Wildman–Crippen MR) is 139 cm³/mol. The number of carbonyl (C=O) groups is 2. The number of rotatable bonds is 7. The maximum atomic E-state index is 14.0. The molecule has 1 N–H and O–H groups in total. The molecule has 0 saturated heterocycles. The fourth-order valence-corrected chi connectivity index (χ4v) is 4.02. The van der Waals surface area contributed by atoms with Gasteiger partial charge >= 0.3 is 12.1 Å². The van der Waals surface area contributed by atoms with E-state index in [0.29, 0.717) is 16.1 Å². The van der Waals surface area contributed by atoms with Crippen molar-refractivity contribution in [2.24, 2.45) is 0 Å². The zero-order valence-corrected chi connectivity index (χ0v) is 21.9. The molecule has 0 saturated carbocycles. The highest BCUT2D eigenvalue weighted by molar-refractivity contribution is 6.31. The number of alkyl halides is 3. The molecule has 1 amide bonds. The third-order valence-corrected chi connectivity index (χ3v) is 6.68. The molecular weight excluding hydrogens is 505 g/mol. The highest BCUT2D eigenvalue weighted by Crippen LogP contribution is 2.36. The lowest BCUT2D eigenvalue weighted by molar-refractivity contribution is -0.144. The van der Waals surface area contributed by atoms with Gasteiger partial charge in [-0.25, -0.2) is 4.79 Å². The van der Waals surface area contributed by atoms with Crippen LogP contribution in [0.1, 0.15) is 46.9 Å². The number of nitrogens with zero attached hydrogens (tertiary/aromatic N) is 1. The number of nitrogens with one attached hydrogen (secondary N) is 1. The molecule has 3 aromatic rings. The number of halogens is 4. The number of carbonyl (C=O) groups excluding carboxylic acids is 2. The molecule has 0 radical (unpaired) electrons. The van der Waals surface area contributed by atoms with Gasteiger partial charge in [0.25, 0.3) is 5.91 Å². The zero-order valence-electron chi connectivity index (χ0n) is 21.1. The Hall–Kier alpha value is -3.52. The summed E-state index contributed by atoms with van der Waals surface area (Å²) in [5.41, 5.74) is 1.90. The predicted octanol–water partition coefficient (Wildman–Crippen LogP) is 7.14. The second-order valence-electron chi connectivity index (χ2n) is 8.83. The largest absolute Gasteiger partial charge is 0.467 e. The lowest BCUT2D eigenvalue weighted by Crippen LogP contribution is -2.41. The number of aryl methyl sites for hydroxylation is 1. The van der Waals surface area contributed by atoms with Gasteiger partial charge in [-0.2, -0.15) is 13.2 Å². The first-order valence-corrected chi connectivity index (χ1v) is 11.9. The summed E-state index contributed by atoms with van der Waals surface area (Å²) in [6, 6.07) is 15.2. The molecule has 3 aromatic carbocycles. The average molecular weight is 533 g/mol. The SMILES string of the molecule is COC(=O)[C@H](C)N(C)C(=O)c1ccc(-c2cccc(NC(C)c3ccc(Cl)c(C)c3)c2)cc1C(F)(F)F. The van der Waals surface area contributed by atoms with Crippen LogP contribution in [0, 0.1) is 6.92 Å². The smallest absolute Gasteiger partial charge is 0.417 e. The van der Waals surface area contributed by atoms with Crippen LogP contribution in [0.4, 0.5) is 18.9 Å². The van der Waals surface area contributed by atoms with Crippen LogP contribution >= 0.6 is 11.6 Å². The van der Waals surface area contributed by atoms with Crippen molar-refractivity contribution in [1.29, 1.82) is 0 Å². The van der Waals surface area contributed by atoms with E-state index in [4.69, 9.17) is 11.6 Å². The molecule has 0 heterocycles. The van der Waals surface area contributed by atoms with Gasteiger partial charge in [0.05, 0.1) is 18.2 Å². The normalized spacial score (nSPS) is 13.0. The molecule has 0 bridgehead atoms. The highest BCUT2D eigenvalue weighted by atomic mass is 35.5. The molecule has 5 nitrogen and oxygen atoms in total. The Morgan fingerprint density at radius 1 is 1.00 bits per heavy atom. The van der Waals surface area contributed by atoms with Crippen molar-refractivity contribution in [2.75, 3.05) is 19.5 Å². The Bertz CT molecular complexity index is 1310. The van der Waals surface area contributed by atoms with Crippen molar-refractivity contribution in [1.82, 2.24) is 4.90 Å². The minimum Gasteiger partial charge on any atom is -0.467 e. The number of esters is 1. The summed E-state index contributed by atoms with van der Waals surface area (Å²) in [5, 5.41) is 4.04. The van der Waals surface area contributed by atoms with Gasteiger partial charge in [-0.15, -0.1) is 0 Å². The molecule has 0 aliphatic carbocycles. The third-order valence-electron chi connectivity index (χ3n) is 6.26. The van der Waals surface area contributed by atoms with Gasteiger partial charge in [-0.3, -0.25) is 4.79 Å². The molecule has 0 aliphatic rings. The van der Waals surface area contributed by atoms with E-state index in [1.165, 1.54) is 20.0 Å². The van der Waals surface area contributed by atoms with E-state index >= 15 is 0 Å². The minimum atomic E-state index is -4.78. The second-order valence-corrected chi connectivity index (χ2v) is 9.24. The molecule has 1 unspecified atom stereocenters. The van der Waals surface area contributed by atoms with E-state index in [2.05, 4.69) is 10.1 Å². The van der Waals surface area contributed by atoms with Gasteiger partial charge < -0.3 is 15.0 Å². The minimum absolute atomic E-state index is 0.0794. The van der Waals surface area contributed by atoms with Crippen molar-refractivity contribution in [3.63, 3.8) is 0 Å². The molecular formula is C28H28ClF3N2O3. The van der Waals surface area contributed by atoms with Gasteiger partial charge in [0.15, 0.2) is 0 Å². The Labute approximate surface area is 219 Å². The van der Waals surface area contributed by atoms with Gasteiger partial charge in [0.2, 0.25) is 0 Å². The van der Waals surface area contributed by atoms with Crippen molar-refractivity contribution in [3.8, 4) is 11.1 Å². The van der Waals surface area contributed by atoms with E-state index < -0.39 is 35.2 Å². The fourth-order valence-electron chi connectivity index (χ4n) is 3.90. The quantitative estimate of drug-likeness (QED) is 0.328. The second kappa shape index (κ2) is 11.3. The molecule has 9 heteroatoms. The van der Waals surface area contributed by atoms with E-state index in [1.807, 2.05) is 38.1 Å². The van der Waals surface area contributed by atoms with Crippen LogP contribution < -0.4 is 5.32 Å². The van der Waals surface area contributed by atoms with Crippen molar-refractivity contribution in [2.45, 2.75) is 39.0 Å². The summed E-state index contributed by atoms with van der Waals surface area (Å²) in [5.74, 6) is -1.66. The Balaban J connectivity index is 1.93. The number of hydrogen-bond acceptors (Lipinski definition) is 4. The van der Waals surface area contributed by atoms with Gasteiger partial charge in [-0.1, -0.05) is 41.9 Å². The number of likely N-dealkylation sites (N-methyl/N-ethyl adjacent to an activating group) is 1. The molecule has 0 aliphatic heterocycles. The number of hydrogen-bond donors (Lipinski definition) is 1. The monoisotopic (exact) mass is 532 g/mol. The Morgan fingerprint density at radius 2 is 1.68 bits per heavy atom. The van der Waals surface area contributed by atoms with E-state index in [0.717, 1.165) is 41.0 Å². The average Bonchev–Trinajstić information content (AvgIpc) is 2.87. The maximum absolute atomic E-state index is 14.0. The number of amides is 1. The van der Waals surface area contributed by atoms with Gasteiger partial charge in [-0.05, 0) is 73.4 Å². The van der Waals surface area contributed by atoms with Crippen LogP contribution in [0.15, 0.2) is 60.7 Å². The lowest BCUT2D eigenvalue weighted by Gasteiger charge is -2.24. The Morgan fingerprint density at radius 3 is 2.30 bits per heavy atom. The van der Waals surface area contributed by atoms with Crippen LogP contribution in [0.5, 0.6) is 0 Å². The first-order valence-electron chi connectivity index (χ1n) is 11.5. The fraction of sp³-hybridized carbons (Fsp3) is 0.286. The molecule has 0 fully saturated rings. The van der Waals surface area contributed by atoms with Crippen molar-refractivity contribution in [3.05, 3.63) is 87.9 Å². The zero-order chi connectivity index (χ0) is 27.5. The summed E-state index contributed by atoms with van der Waals surface area (Å²) < 4.78 is 46.6. The number of ether oxygens (including phenoxy) is 1. The van der Waals surface area contributed by atoms with Crippen LogP contribution in [-0.2, 0) is 15.7 Å². The first kappa shape index (κ1) is 28.1. The summed E-state index contributed by atoms with van der Waals surface area (Å²) in [7, 11) is 2.41. The van der Waals surface area contributed by atoms with Crippen LogP contribution in [-0.4, -0.2) is 37.0 Å². The summed E-state index contributed by atoms with van der Waals surface area (Å²) in [6.45, 7) is 5.28. The highest BCUT2D eigenvalue weighted by Gasteiger charge is 2.37. The first-order chi connectivity index (χ1) is 17.3. The number of anilines is 1. The van der Waals surface area contributed by atoms with Crippen molar-refractivity contribution < 1.29 is 27.5 Å². The Kier molecular flexibility index (Phi) is 8.53. The molecule has 196 valence electrons. The lowest BCUT2D eigenvalue weighted by atomic mass is 9.97. The van der Waals surface area contributed by atoms with E-state index in [9.17, 15) is 22.8 Å². The summed E-state index contributed by atoms with van der Waals surface area (Å²) in [6.07, 6.45) is -4.78. The molecule has 3 rings (SSSR count). The topological polar surface area (TPSA) is 58.6 Å². The van der Waals surface area contributed by atoms with Crippen LogP contribution in [0.3, 0.4) is 0 Å².